The maximum absolute atomic E-state index is 12.4. The van der Waals surface area contributed by atoms with Crippen molar-refractivity contribution in [3.63, 3.8) is 0 Å². The molecule has 0 aromatic carbocycles. The van der Waals surface area contributed by atoms with Gasteiger partial charge >= 0.3 is 0 Å². The van der Waals surface area contributed by atoms with Crippen molar-refractivity contribution in [2.75, 3.05) is 23.3 Å². The molecule has 4 heterocycles. The minimum atomic E-state index is -0.396. The summed E-state index contributed by atoms with van der Waals surface area (Å²) in [5, 5.41) is 6.88. The Bertz CT molecular complexity index is 992. The maximum atomic E-state index is 12.4. The van der Waals surface area contributed by atoms with Crippen LogP contribution >= 0.6 is 0 Å². The second-order valence-corrected chi connectivity index (χ2v) is 6.20. The Labute approximate surface area is 154 Å². The molecule has 9 heteroatoms. The molecule has 1 N–H and O–H groups in total. The lowest BCUT2D eigenvalue weighted by Crippen LogP contribution is -2.29. The van der Waals surface area contributed by atoms with E-state index in [0.29, 0.717) is 17.3 Å². The van der Waals surface area contributed by atoms with Gasteiger partial charge in [-0.15, -0.1) is 0 Å². The topological polar surface area (TPSA) is 106 Å². The molecule has 3 aromatic heterocycles. The van der Waals surface area contributed by atoms with Gasteiger partial charge in [0.1, 0.15) is 30.2 Å². The van der Waals surface area contributed by atoms with Crippen LogP contribution < -0.4 is 15.8 Å². The molecule has 138 valence electrons. The predicted molar refractivity (Wildman–Crippen MR) is 98.3 cm³/mol. The highest BCUT2D eigenvalue weighted by atomic mass is 16.3. The van der Waals surface area contributed by atoms with E-state index >= 15 is 0 Å². The molecule has 0 spiro atoms. The summed E-state index contributed by atoms with van der Waals surface area (Å²) in [6, 6.07) is 8.11. The van der Waals surface area contributed by atoms with Gasteiger partial charge in [0.25, 0.3) is 5.56 Å². The van der Waals surface area contributed by atoms with Gasteiger partial charge in [-0.1, -0.05) is 0 Å². The average molecular weight is 366 g/mol. The van der Waals surface area contributed by atoms with Gasteiger partial charge in [0, 0.05) is 25.2 Å². The van der Waals surface area contributed by atoms with Gasteiger partial charge in [-0.25, -0.2) is 14.6 Å². The van der Waals surface area contributed by atoms with Crippen molar-refractivity contribution in [3.8, 4) is 11.5 Å². The van der Waals surface area contributed by atoms with E-state index in [9.17, 15) is 9.59 Å². The second kappa shape index (κ2) is 7.40. The minimum Gasteiger partial charge on any atom is -0.463 e. The molecule has 1 aliphatic rings. The summed E-state index contributed by atoms with van der Waals surface area (Å²) in [6.45, 7) is 1.67. The van der Waals surface area contributed by atoms with Gasteiger partial charge in [-0.3, -0.25) is 9.59 Å². The number of aromatic nitrogens is 4. The molecule has 0 aliphatic carbocycles. The molecular weight excluding hydrogens is 348 g/mol. The molecule has 0 radical (unpaired) electrons. The molecule has 1 aliphatic heterocycles. The molecule has 4 rings (SSSR count). The van der Waals surface area contributed by atoms with Gasteiger partial charge < -0.3 is 14.6 Å². The largest absolute Gasteiger partial charge is 0.463 e. The number of anilines is 2. The molecule has 1 amide bonds. The molecule has 0 atom stereocenters. The number of nitrogens with one attached hydrogen (secondary N) is 1. The average Bonchev–Trinajstić information content (AvgIpc) is 3.38. The summed E-state index contributed by atoms with van der Waals surface area (Å²) in [4.78, 5) is 34.9. The first-order valence-corrected chi connectivity index (χ1v) is 8.68. The van der Waals surface area contributed by atoms with Crippen molar-refractivity contribution in [3.05, 3.63) is 53.3 Å². The zero-order chi connectivity index (χ0) is 18.6. The summed E-state index contributed by atoms with van der Waals surface area (Å²) >= 11 is 0. The summed E-state index contributed by atoms with van der Waals surface area (Å²) in [5.41, 5.74) is 0.103. The van der Waals surface area contributed by atoms with E-state index in [4.69, 9.17) is 4.42 Å². The van der Waals surface area contributed by atoms with E-state index in [1.165, 1.54) is 18.7 Å². The Hall–Kier alpha value is -3.49. The Morgan fingerprint density at radius 2 is 2.04 bits per heavy atom. The summed E-state index contributed by atoms with van der Waals surface area (Å²) < 4.78 is 6.37. The number of carbonyl (C=O) groups is 1. The molecule has 1 fully saturated rings. The fourth-order valence-corrected chi connectivity index (χ4v) is 2.97. The van der Waals surface area contributed by atoms with Crippen molar-refractivity contribution in [2.24, 2.45) is 0 Å². The SMILES string of the molecule is O=C(Cn1nc(-c2ccco2)ccc1=O)Nc1cc(N2CCCC2)ncn1. The van der Waals surface area contributed by atoms with Crippen LogP contribution in [0.3, 0.4) is 0 Å². The van der Waals surface area contributed by atoms with Crippen molar-refractivity contribution in [1.82, 2.24) is 19.7 Å². The Balaban J connectivity index is 1.47. The van der Waals surface area contributed by atoms with Crippen molar-refractivity contribution >= 4 is 17.5 Å². The van der Waals surface area contributed by atoms with Crippen LogP contribution in [0.4, 0.5) is 11.6 Å². The predicted octanol–water partition coefficient (Wildman–Crippen LogP) is 1.53. The third-order valence-electron chi connectivity index (χ3n) is 4.28. The van der Waals surface area contributed by atoms with Crippen molar-refractivity contribution in [1.29, 1.82) is 0 Å². The number of hydrogen-bond donors (Lipinski definition) is 1. The number of carbonyl (C=O) groups excluding carboxylic acids is 1. The highest BCUT2D eigenvalue weighted by Gasteiger charge is 2.15. The lowest BCUT2D eigenvalue weighted by Gasteiger charge is -2.16. The summed E-state index contributed by atoms with van der Waals surface area (Å²) in [5.74, 6) is 1.31. The summed E-state index contributed by atoms with van der Waals surface area (Å²) in [7, 11) is 0. The smallest absolute Gasteiger partial charge is 0.267 e. The lowest BCUT2D eigenvalue weighted by molar-refractivity contribution is -0.117. The number of hydrogen-bond acceptors (Lipinski definition) is 7. The van der Waals surface area contributed by atoms with E-state index in [1.807, 2.05) is 0 Å². The Morgan fingerprint density at radius 3 is 2.81 bits per heavy atom. The van der Waals surface area contributed by atoms with Crippen molar-refractivity contribution < 1.29 is 9.21 Å². The lowest BCUT2D eigenvalue weighted by atomic mass is 10.3. The first kappa shape index (κ1) is 17.0. The van der Waals surface area contributed by atoms with Crippen LogP contribution in [0.15, 0.2) is 52.1 Å². The fraction of sp³-hybridized carbons (Fsp3) is 0.278. The van der Waals surface area contributed by atoms with Crippen LogP contribution in [0.1, 0.15) is 12.8 Å². The van der Waals surface area contributed by atoms with E-state index in [2.05, 4.69) is 25.3 Å². The minimum absolute atomic E-state index is 0.226. The molecule has 0 saturated carbocycles. The third kappa shape index (κ3) is 3.86. The van der Waals surface area contributed by atoms with Gasteiger partial charge in [-0.05, 0) is 31.0 Å². The molecule has 9 nitrogen and oxygen atoms in total. The highest BCUT2D eigenvalue weighted by Crippen LogP contribution is 2.19. The normalized spacial score (nSPS) is 13.7. The zero-order valence-corrected chi connectivity index (χ0v) is 14.5. The molecule has 0 unspecified atom stereocenters. The highest BCUT2D eigenvalue weighted by molar-refractivity contribution is 5.89. The van der Waals surface area contributed by atoms with Crippen LogP contribution in [-0.4, -0.2) is 38.7 Å². The van der Waals surface area contributed by atoms with Crippen LogP contribution in [-0.2, 0) is 11.3 Å². The summed E-state index contributed by atoms with van der Waals surface area (Å²) in [6.07, 6.45) is 5.20. The molecule has 1 saturated heterocycles. The van der Waals surface area contributed by atoms with E-state index in [-0.39, 0.29) is 12.1 Å². The quantitative estimate of drug-likeness (QED) is 0.730. The van der Waals surface area contributed by atoms with E-state index in [0.717, 1.165) is 36.4 Å². The zero-order valence-electron chi connectivity index (χ0n) is 14.5. The molecule has 27 heavy (non-hydrogen) atoms. The van der Waals surface area contributed by atoms with Crippen LogP contribution in [0.25, 0.3) is 11.5 Å². The Kier molecular flexibility index (Phi) is 4.65. The fourth-order valence-electron chi connectivity index (χ4n) is 2.97. The number of nitrogens with zero attached hydrogens (tertiary/aromatic N) is 5. The number of furan rings is 1. The van der Waals surface area contributed by atoms with Crippen LogP contribution in [0.2, 0.25) is 0 Å². The third-order valence-corrected chi connectivity index (χ3v) is 4.28. The second-order valence-electron chi connectivity index (χ2n) is 6.20. The van der Waals surface area contributed by atoms with Crippen LogP contribution in [0, 0.1) is 0 Å². The van der Waals surface area contributed by atoms with Gasteiger partial charge in [0.15, 0.2) is 5.76 Å². The first-order valence-electron chi connectivity index (χ1n) is 8.68. The van der Waals surface area contributed by atoms with E-state index in [1.54, 1.807) is 24.3 Å². The van der Waals surface area contributed by atoms with Crippen molar-refractivity contribution in [2.45, 2.75) is 19.4 Å². The van der Waals surface area contributed by atoms with E-state index < -0.39 is 5.91 Å². The monoisotopic (exact) mass is 366 g/mol. The van der Waals surface area contributed by atoms with Gasteiger partial charge in [0.2, 0.25) is 5.91 Å². The van der Waals surface area contributed by atoms with Crippen LogP contribution in [0.5, 0.6) is 0 Å². The number of rotatable bonds is 5. The molecular formula is C18H18N6O3. The van der Waals surface area contributed by atoms with Gasteiger partial charge in [-0.2, -0.15) is 5.10 Å². The Morgan fingerprint density at radius 1 is 1.19 bits per heavy atom. The molecule has 3 aromatic rings. The first-order chi connectivity index (χ1) is 13.2. The maximum Gasteiger partial charge on any atom is 0.267 e. The molecule has 0 bridgehead atoms. The standard InChI is InChI=1S/C18H18N6O3/c25-17(21-15-10-16(20-12-19-15)23-7-1-2-8-23)11-24-18(26)6-5-13(22-24)14-4-3-9-27-14/h3-6,9-10,12H,1-2,7-8,11H2,(H,19,20,21,25). The number of amides is 1. The van der Waals surface area contributed by atoms with Gasteiger partial charge in [0.05, 0.1) is 6.26 Å².